The number of rotatable bonds is 8. The van der Waals surface area contributed by atoms with E-state index < -0.39 is 5.91 Å². The first-order valence-corrected chi connectivity index (χ1v) is 6.71. The number of aliphatic hydroxyl groups excluding tert-OH is 1. The summed E-state index contributed by atoms with van der Waals surface area (Å²) < 4.78 is 5.60. The van der Waals surface area contributed by atoms with Gasteiger partial charge in [-0.15, -0.1) is 0 Å². The molecule has 1 fully saturated rings. The van der Waals surface area contributed by atoms with E-state index >= 15 is 0 Å². The number of hydrogen-bond donors (Lipinski definition) is 4. The fourth-order valence-corrected chi connectivity index (χ4v) is 2.20. The summed E-state index contributed by atoms with van der Waals surface area (Å²) in [5, 5.41) is 18.8. The highest BCUT2D eigenvalue weighted by molar-refractivity contribution is 6.10. The summed E-state index contributed by atoms with van der Waals surface area (Å²) in [7, 11) is 0. The van der Waals surface area contributed by atoms with Gasteiger partial charge in [-0.05, 0) is 18.8 Å². The first-order valence-electron chi connectivity index (χ1n) is 6.71. The molecule has 108 valence electrons. The third-order valence-corrected chi connectivity index (χ3v) is 3.24. The molecule has 1 aliphatic rings. The number of ether oxygens (including phenoxy) is 1. The zero-order valence-electron chi connectivity index (χ0n) is 11.2. The quantitative estimate of drug-likeness (QED) is 0.292. The van der Waals surface area contributed by atoms with Crippen LogP contribution in [0.2, 0.25) is 0 Å². The van der Waals surface area contributed by atoms with E-state index in [9.17, 15) is 4.79 Å². The Labute approximate surface area is 113 Å². The molecule has 1 amide bonds. The van der Waals surface area contributed by atoms with Gasteiger partial charge in [-0.2, -0.15) is 0 Å². The molecule has 0 unspecified atom stereocenters. The van der Waals surface area contributed by atoms with Crippen molar-refractivity contribution in [3.63, 3.8) is 0 Å². The molecule has 19 heavy (non-hydrogen) atoms. The van der Waals surface area contributed by atoms with Crippen molar-refractivity contribution in [2.75, 3.05) is 19.8 Å². The standard InChI is InChI=1S/C13H23N3O3/c14-8-11(12(15)18)13(16-6-7-17)19-9-10-4-2-1-3-5-10/h8,10,14,16-17H,1-7,9H2,(H2,15,18)/b13-11-,14-8?. The van der Waals surface area contributed by atoms with E-state index in [2.05, 4.69) is 5.32 Å². The molecule has 0 radical (unpaired) electrons. The zero-order valence-corrected chi connectivity index (χ0v) is 11.2. The first kappa shape index (κ1) is 15.5. The predicted molar refractivity (Wildman–Crippen MR) is 72.6 cm³/mol. The van der Waals surface area contributed by atoms with Gasteiger partial charge >= 0.3 is 0 Å². The molecule has 0 atom stereocenters. The SMILES string of the molecule is N=C/C(C(N)=O)=C(\NCCO)OCC1CCCCC1. The molecule has 0 aromatic carbocycles. The van der Waals surface area contributed by atoms with Gasteiger partial charge in [-0.3, -0.25) is 4.79 Å². The molecule has 0 saturated heterocycles. The topological polar surface area (TPSA) is 108 Å². The third kappa shape index (κ3) is 5.30. The Morgan fingerprint density at radius 3 is 2.63 bits per heavy atom. The highest BCUT2D eigenvalue weighted by atomic mass is 16.5. The first-order chi connectivity index (χ1) is 9.19. The van der Waals surface area contributed by atoms with E-state index in [0.717, 1.165) is 19.1 Å². The molecule has 0 spiro atoms. The van der Waals surface area contributed by atoms with Crippen LogP contribution < -0.4 is 11.1 Å². The number of hydrogen-bond acceptors (Lipinski definition) is 5. The Kier molecular flexibility index (Phi) is 6.95. The monoisotopic (exact) mass is 269 g/mol. The van der Waals surface area contributed by atoms with Crippen LogP contribution >= 0.6 is 0 Å². The second kappa shape index (κ2) is 8.53. The van der Waals surface area contributed by atoms with Crippen molar-refractivity contribution < 1.29 is 14.6 Å². The summed E-state index contributed by atoms with van der Waals surface area (Å²) in [6.45, 7) is 0.684. The maximum absolute atomic E-state index is 11.2. The van der Waals surface area contributed by atoms with Gasteiger partial charge in [0, 0.05) is 12.8 Å². The van der Waals surface area contributed by atoms with Gasteiger partial charge in [-0.1, -0.05) is 19.3 Å². The highest BCUT2D eigenvalue weighted by Crippen LogP contribution is 2.24. The van der Waals surface area contributed by atoms with Gasteiger partial charge in [0.25, 0.3) is 5.91 Å². The van der Waals surface area contributed by atoms with Gasteiger partial charge in [0.1, 0.15) is 5.57 Å². The van der Waals surface area contributed by atoms with Crippen molar-refractivity contribution in [2.24, 2.45) is 11.7 Å². The Hall–Kier alpha value is -1.56. The van der Waals surface area contributed by atoms with Gasteiger partial charge in [0.15, 0.2) is 0 Å². The Morgan fingerprint density at radius 1 is 1.42 bits per heavy atom. The van der Waals surface area contributed by atoms with E-state index in [1.807, 2.05) is 0 Å². The molecular formula is C13H23N3O3. The fourth-order valence-electron chi connectivity index (χ4n) is 2.20. The number of amides is 1. The highest BCUT2D eigenvalue weighted by Gasteiger charge is 2.17. The van der Waals surface area contributed by atoms with Crippen LogP contribution in [0.4, 0.5) is 0 Å². The van der Waals surface area contributed by atoms with Crippen LogP contribution in [0.1, 0.15) is 32.1 Å². The Morgan fingerprint density at radius 2 is 2.11 bits per heavy atom. The van der Waals surface area contributed by atoms with Crippen LogP contribution in [0.3, 0.4) is 0 Å². The summed E-state index contributed by atoms with van der Waals surface area (Å²) in [5.74, 6) is -0.0271. The van der Waals surface area contributed by atoms with Gasteiger partial charge in [-0.25, -0.2) is 0 Å². The molecule has 5 N–H and O–H groups in total. The van der Waals surface area contributed by atoms with Crippen LogP contribution in [-0.2, 0) is 9.53 Å². The summed E-state index contributed by atoms with van der Waals surface area (Å²) in [5.41, 5.74) is 5.20. The molecule has 1 rings (SSSR count). The Bertz CT molecular complexity index is 336. The normalized spacial score (nSPS) is 17.5. The zero-order chi connectivity index (χ0) is 14.1. The average Bonchev–Trinajstić information content (AvgIpc) is 2.42. The predicted octanol–water partition coefficient (Wildman–Crippen LogP) is 0.512. The lowest BCUT2D eigenvalue weighted by Crippen LogP contribution is -2.28. The number of aliphatic hydroxyl groups is 1. The number of nitrogens with one attached hydrogen (secondary N) is 2. The third-order valence-electron chi connectivity index (χ3n) is 3.24. The van der Waals surface area contributed by atoms with Crippen molar-refractivity contribution in [1.82, 2.24) is 5.32 Å². The average molecular weight is 269 g/mol. The van der Waals surface area contributed by atoms with E-state index in [0.29, 0.717) is 12.5 Å². The second-order valence-corrected chi connectivity index (χ2v) is 4.72. The van der Waals surface area contributed by atoms with Crippen LogP contribution in [0.15, 0.2) is 11.5 Å². The van der Waals surface area contributed by atoms with E-state index in [1.54, 1.807) is 0 Å². The molecule has 0 aromatic rings. The minimum atomic E-state index is -0.709. The summed E-state index contributed by atoms with van der Waals surface area (Å²) in [6, 6.07) is 0. The van der Waals surface area contributed by atoms with Gasteiger partial charge < -0.3 is 26.3 Å². The largest absolute Gasteiger partial charge is 0.478 e. The molecule has 0 aliphatic heterocycles. The smallest absolute Gasteiger partial charge is 0.255 e. The van der Waals surface area contributed by atoms with E-state index in [4.69, 9.17) is 21.0 Å². The van der Waals surface area contributed by atoms with E-state index in [1.165, 1.54) is 19.3 Å². The van der Waals surface area contributed by atoms with Crippen molar-refractivity contribution in [3.8, 4) is 0 Å². The minimum absolute atomic E-state index is 0.00394. The van der Waals surface area contributed by atoms with E-state index in [-0.39, 0.29) is 24.6 Å². The van der Waals surface area contributed by atoms with Gasteiger partial charge in [0.05, 0.1) is 13.2 Å². The number of nitrogens with two attached hydrogens (primary N) is 1. The fraction of sp³-hybridized carbons (Fsp3) is 0.692. The molecule has 1 saturated carbocycles. The molecule has 6 nitrogen and oxygen atoms in total. The van der Waals surface area contributed by atoms with Crippen LogP contribution in [-0.4, -0.2) is 37.0 Å². The van der Waals surface area contributed by atoms with Gasteiger partial charge in [0.2, 0.25) is 5.88 Å². The van der Waals surface area contributed by atoms with Crippen molar-refractivity contribution in [2.45, 2.75) is 32.1 Å². The van der Waals surface area contributed by atoms with Crippen LogP contribution in [0.5, 0.6) is 0 Å². The molecule has 6 heteroatoms. The minimum Gasteiger partial charge on any atom is -0.478 e. The van der Waals surface area contributed by atoms with Crippen molar-refractivity contribution >= 4 is 12.1 Å². The van der Waals surface area contributed by atoms with Crippen molar-refractivity contribution in [1.29, 1.82) is 5.41 Å². The summed E-state index contributed by atoms with van der Waals surface area (Å²) in [4.78, 5) is 11.2. The second-order valence-electron chi connectivity index (χ2n) is 4.72. The number of primary amides is 1. The molecular weight excluding hydrogens is 246 g/mol. The molecule has 1 aliphatic carbocycles. The maximum Gasteiger partial charge on any atom is 0.255 e. The molecule has 0 bridgehead atoms. The number of carbonyl (C=O) groups is 1. The Balaban J connectivity index is 2.62. The lowest BCUT2D eigenvalue weighted by Gasteiger charge is -2.23. The maximum atomic E-state index is 11.2. The molecule has 0 heterocycles. The van der Waals surface area contributed by atoms with Crippen LogP contribution in [0.25, 0.3) is 0 Å². The lowest BCUT2D eigenvalue weighted by atomic mass is 9.90. The summed E-state index contributed by atoms with van der Waals surface area (Å²) in [6.07, 6.45) is 6.83. The summed E-state index contributed by atoms with van der Waals surface area (Å²) >= 11 is 0. The van der Waals surface area contributed by atoms with Crippen molar-refractivity contribution in [3.05, 3.63) is 11.5 Å². The lowest BCUT2D eigenvalue weighted by molar-refractivity contribution is -0.114. The van der Waals surface area contributed by atoms with Crippen LogP contribution in [0, 0.1) is 11.3 Å². The number of carbonyl (C=O) groups excluding carboxylic acids is 1. The molecule has 0 aromatic heterocycles.